The van der Waals surface area contributed by atoms with Crippen LogP contribution in [0.1, 0.15) is 51.5 Å². The van der Waals surface area contributed by atoms with Gasteiger partial charge in [-0.1, -0.05) is 57.3 Å². The van der Waals surface area contributed by atoms with Gasteiger partial charge in [0.1, 0.15) is 0 Å². The van der Waals surface area contributed by atoms with Gasteiger partial charge in [-0.2, -0.15) is 0 Å². The van der Waals surface area contributed by atoms with Crippen LogP contribution in [0, 0.1) is 5.92 Å². The van der Waals surface area contributed by atoms with Crippen LogP contribution in [-0.2, 0) is 0 Å². The Morgan fingerprint density at radius 2 is 1.89 bits per heavy atom. The molecule has 1 aromatic rings. The number of rotatable bonds is 8. The van der Waals surface area contributed by atoms with Gasteiger partial charge >= 0.3 is 0 Å². The first kappa shape index (κ1) is 15.5. The lowest BCUT2D eigenvalue weighted by atomic mass is 9.82. The Labute approximate surface area is 117 Å². The number of halogens is 1. The van der Waals surface area contributed by atoms with E-state index in [2.05, 4.69) is 44.3 Å². The van der Waals surface area contributed by atoms with E-state index in [1.54, 1.807) is 0 Å². The van der Waals surface area contributed by atoms with Crippen molar-refractivity contribution >= 4 is 11.6 Å². The molecule has 1 rings (SSSR count). The van der Waals surface area contributed by atoms with Crippen molar-refractivity contribution in [3.8, 4) is 0 Å². The summed E-state index contributed by atoms with van der Waals surface area (Å²) in [7, 11) is 0. The van der Waals surface area contributed by atoms with Crippen molar-refractivity contribution < 1.29 is 0 Å². The highest BCUT2D eigenvalue weighted by Gasteiger charge is 2.20. The van der Waals surface area contributed by atoms with Crippen LogP contribution in [-0.4, -0.2) is 13.1 Å². The topological polar surface area (TPSA) is 12.0 Å². The molecular formula is C16H26ClN. The van der Waals surface area contributed by atoms with Gasteiger partial charge in [0.05, 0.1) is 0 Å². The quantitative estimate of drug-likeness (QED) is 0.664. The molecule has 1 unspecified atom stereocenters. The van der Waals surface area contributed by atoms with Crippen molar-refractivity contribution in [2.45, 2.75) is 46.0 Å². The first-order valence-corrected chi connectivity index (χ1v) is 7.56. The van der Waals surface area contributed by atoms with E-state index in [9.17, 15) is 0 Å². The molecule has 1 N–H and O–H groups in total. The molecule has 0 saturated heterocycles. The summed E-state index contributed by atoms with van der Waals surface area (Å²) < 4.78 is 0. The van der Waals surface area contributed by atoms with E-state index in [0.29, 0.717) is 5.92 Å². The Balaban J connectivity index is 2.81. The Morgan fingerprint density at radius 1 is 1.17 bits per heavy atom. The second-order valence-electron chi connectivity index (χ2n) is 4.94. The molecular weight excluding hydrogens is 242 g/mol. The van der Waals surface area contributed by atoms with Gasteiger partial charge in [-0.25, -0.2) is 0 Å². The summed E-state index contributed by atoms with van der Waals surface area (Å²) in [6.07, 6.45) is 3.63. The minimum absolute atomic E-state index is 0.574. The minimum Gasteiger partial charge on any atom is -0.316 e. The maximum atomic E-state index is 6.12. The third-order valence-corrected chi connectivity index (χ3v) is 3.92. The summed E-state index contributed by atoms with van der Waals surface area (Å²) in [5.74, 6) is 1.30. The smallest absolute Gasteiger partial charge is 0.0408 e. The molecule has 0 bridgehead atoms. The first-order valence-electron chi connectivity index (χ1n) is 7.19. The fourth-order valence-electron chi connectivity index (χ4n) is 2.59. The number of nitrogens with one attached hydrogen (secondary N) is 1. The van der Waals surface area contributed by atoms with Crippen LogP contribution in [0.5, 0.6) is 0 Å². The molecule has 0 heterocycles. The van der Waals surface area contributed by atoms with Gasteiger partial charge in [0.15, 0.2) is 0 Å². The van der Waals surface area contributed by atoms with Crippen LogP contribution in [0.15, 0.2) is 24.3 Å². The summed E-state index contributed by atoms with van der Waals surface area (Å²) in [5, 5.41) is 4.41. The highest BCUT2D eigenvalue weighted by Crippen LogP contribution is 2.30. The van der Waals surface area contributed by atoms with Crippen LogP contribution < -0.4 is 5.32 Å². The number of hydrogen-bond acceptors (Lipinski definition) is 1. The van der Waals surface area contributed by atoms with Gasteiger partial charge in [0, 0.05) is 11.6 Å². The zero-order chi connectivity index (χ0) is 13.4. The maximum absolute atomic E-state index is 6.12. The van der Waals surface area contributed by atoms with Crippen LogP contribution in [0.4, 0.5) is 0 Å². The van der Waals surface area contributed by atoms with E-state index in [1.165, 1.54) is 24.8 Å². The summed E-state index contributed by atoms with van der Waals surface area (Å²) in [6.45, 7) is 8.92. The second-order valence-corrected chi connectivity index (χ2v) is 5.38. The van der Waals surface area contributed by atoms with Crippen molar-refractivity contribution in [1.29, 1.82) is 0 Å². The van der Waals surface area contributed by atoms with Crippen LogP contribution >= 0.6 is 11.6 Å². The van der Waals surface area contributed by atoms with E-state index >= 15 is 0 Å². The molecule has 0 saturated carbocycles. The molecule has 0 fully saturated rings. The molecule has 1 atom stereocenters. The summed E-state index contributed by atoms with van der Waals surface area (Å²) in [4.78, 5) is 0. The average molecular weight is 268 g/mol. The molecule has 1 aromatic carbocycles. The molecule has 0 aliphatic carbocycles. The Hall–Kier alpha value is -0.530. The Kier molecular flexibility index (Phi) is 7.38. The predicted molar refractivity (Wildman–Crippen MR) is 81.4 cm³/mol. The maximum Gasteiger partial charge on any atom is 0.0408 e. The third kappa shape index (κ3) is 4.62. The standard InChI is InChI=1S/C16H26ClN/c1-4-10-18-12-16(13(5-2)6-3)14-8-7-9-15(17)11-14/h7-9,11,13,16,18H,4-6,10,12H2,1-3H3. The number of hydrogen-bond donors (Lipinski definition) is 1. The normalized spacial score (nSPS) is 12.9. The van der Waals surface area contributed by atoms with Crippen LogP contribution in [0.3, 0.4) is 0 Å². The highest BCUT2D eigenvalue weighted by molar-refractivity contribution is 6.30. The van der Waals surface area contributed by atoms with Gasteiger partial charge in [-0.15, -0.1) is 0 Å². The molecule has 0 aliphatic heterocycles. The molecule has 0 aromatic heterocycles. The second kappa shape index (κ2) is 8.55. The molecule has 102 valence electrons. The zero-order valence-electron chi connectivity index (χ0n) is 11.9. The molecule has 18 heavy (non-hydrogen) atoms. The Morgan fingerprint density at radius 3 is 2.44 bits per heavy atom. The van der Waals surface area contributed by atoms with E-state index in [-0.39, 0.29) is 0 Å². The van der Waals surface area contributed by atoms with E-state index in [4.69, 9.17) is 11.6 Å². The summed E-state index contributed by atoms with van der Waals surface area (Å²) in [5.41, 5.74) is 1.37. The lowest BCUT2D eigenvalue weighted by Crippen LogP contribution is -2.27. The fraction of sp³-hybridized carbons (Fsp3) is 0.625. The monoisotopic (exact) mass is 267 g/mol. The predicted octanol–water partition coefficient (Wildman–Crippen LogP) is 4.86. The Bertz CT molecular complexity index is 334. The summed E-state index contributed by atoms with van der Waals surface area (Å²) in [6, 6.07) is 8.35. The first-order chi connectivity index (χ1) is 8.72. The van der Waals surface area contributed by atoms with Crippen LogP contribution in [0.2, 0.25) is 5.02 Å². The lowest BCUT2D eigenvalue weighted by Gasteiger charge is -2.26. The van der Waals surface area contributed by atoms with Gasteiger partial charge in [0.25, 0.3) is 0 Å². The van der Waals surface area contributed by atoms with E-state index < -0.39 is 0 Å². The fourth-order valence-corrected chi connectivity index (χ4v) is 2.78. The van der Waals surface area contributed by atoms with Crippen molar-refractivity contribution in [1.82, 2.24) is 5.32 Å². The third-order valence-electron chi connectivity index (χ3n) is 3.69. The SMILES string of the molecule is CCCNCC(c1cccc(Cl)c1)C(CC)CC. The molecule has 1 nitrogen and oxygen atoms in total. The molecule has 0 radical (unpaired) electrons. The van der Waals surface area contributed by atoms with Crippen molar-refractivity contribution in [3.05, 3.63) is 34.9 Å². The van der Waals surface area contributed by atoms with Crippen LogP contribution in [0.25, 0.3) is 0 Å². The molecule has 0 spiro atoms. The summed E-state index contributed by atoms with van der Waals surface area (Å²) >= 11 is 6.12. The van der Waals surface area contributed by atoms with Crippen molar-refractivity contribution in [2.75, 3.05) is 13.1 Å². The molecule has 0 amide bonds. The van der Waals surface area contributed by atoms with Gasteiger partial charge in [-0.05, 0) is 42.5 Å². The van der Waals surface area contributed by atoms with Crippen molar-refractivity contribution in [2.24, 2.45) is 5.92 Å². The molecule has 2 heteroatoms. The zero-order valence-corrected chi connectivity index (χ0v) is 12.6. The highest BCUT2D eigenvalue weighted by atomic mass is 35.5. The van der Waals surface area contributed by atoms with E-state index in [1.807, 2.05) is 6.07 Å². The van der Waals surface area contributed by atoms with Gasteiger partial charge in [-0.3, -0.25) is 0 Å². The molecule has 0 aliphatic rings. The van der Waals surface area contributed by atoms with E-state index in [0.717, 1.165) is 24.0 Å². The van der Waals surface area contributed by atoms with Gasteiger partial charge in [0.2, 0.25) is 0 Å². The largest absolute Gasteiger partial charge is 0.316 e. The minimum atomic E-state index is 0.574. The van der Waals surface area contributed by atoms with Crippen molar-refractivity contribution in [3.63, 3.8) is 0 Å². The average Bonchev–Trinajstić information content (AvgIpc) is 2.38. The van der Waals surface area contributed by atoms with Gasteiger partial charge < -0.3 is 5.32 Å². The number of benzene rings is 1. The lowest BCUT2D eigenvalue weighted by molar-refractivity contribution is 0.380.